The van der Waals surface area contributed by atoms with Crippen molar-refractivity contribution in [2.75, 3.05) is 26.7 Å². The lowest BCUT2D eigenvalue weighted by atomic mass is 9.92. The Bertz CT molecular complexity index is 248. The first-order valence-corrected chi connectivity index (χ1v) is 6.72. The maximum atomic E-state index is 11.9. The first kappa shape index (κ1) is 17.7. The largest absolute Gasteiger partial charge is 0.355 e. The first-order valence-electron chi connectivity index (χ1n) is 6.72. The number of rotatable bonds is 5. The Morgan fingerprint density at radius 2 is 2.17 bits per heavy atom. The quantitative estimate of drug-likeness (QED) is 0.795. The van der Waals surface area contributed by atoms with E-state index in [0.717, 1.165) is 32.5 Å². The molecule has 0 aromatic rings. The number of hydrogen-bond donors (Lipinski definition) is 2. The lowest BCUT2D eigenvalue weighted by molar-refractivity contribution is -0.126. The summed E-state index contributed by atoms with van der Waals surface area (Å²) in [6, 6.07) is 1.00. The third-order valence-corrected chi connectivity index (χ3v) is 3.64. The highest BCUT2D eigenvalue weighted by Gasteiger charge is 2.24. The fraction of sp³-hybridized carbons (Fsp3) is 0.923. The maximum absolute atomic E-state index is 11.9. The van der Waals surface area contributed by atoms with Crippen LogP contribution in [0, 0.1) is 5.92 Å². The third kappa shape index (κ3) is 6.03. The molecular weight excluding hydrogens is 250 g/mol. The van der Waals surface area contributed by atoms with Gasteiger partial charge in [-0.25, -0.2) is 0 Å². The monoisotopic (exact) mass is 277 g/mol. The molecule has 1 rings (SSSR count). The van der Waals surface area contributed by atoms with E-state index in [1.165, 1.54) is 0 Å². The molecule has 1 fully saturated rings. The van der Waals surface area contributed by atoms with Crippen molar-refractivity contribution in [3.05, 3.63) is 0 Å². The van der Waals surface area contributed by atoms with Gasteiger partial charge in [-0.3, -0.25) is 4.79 Å². The summed E-state index contributed by atoms with van der Waals surface area (Å²) in [5, 5.41) is 6.42. The van der Waals surface area contributed by atoms with Crippen LogP contribution in [0.15, 0.2) is 0 Å². The Morgan fingerprint density at radius 3 is 2.72 bits per heavy atom. The van der Waals surface area contributed by atoms with E-state index in [4.69, 9.17) is 0 Å². The van der Waals surface area contributed by atoms with Crippen molar-refractivity contribution < 1.29 is 4.79 Å². The Hall–Kier alpha value is -0.320. The van der Waals surface area contributed by atoms with Gasteiger partial charge in [0.05, 0.1) is 0 Å². The molecule has 5 heteroatoms. The second-order valence-electron chi connectivity index (χ2n) is 5.44. The highest BCUT2D eigenvalue weighted by molar-refractivity contribution is 5.85. The summed E-state index contributed by atoms with van der Waals surface area (Å²) in [7, 11) is 2.09. The molecule has 0 aliphatic carbocycles. The minimum Gasteiger partial charge on any atom is -0.355 e. The van der Waals surface area contributed by atoms with Crippen molar-refractivity contribution in [1.29, 1.82) is 0 Å². The van der Waals surface area contributed by atoms with Gasteiger partial charge in [-0.1, -0.05) is 0 Å². The molecule has 1 heterocycles. The second-order valence-corrected chi connectivity index (χ2v) is 5.44. The fourth-order valence-electron chi connectivity index (χ4n) is 2.13. The standard InChI is InChI=1S/C13H27N3O.ClH/c1-10(2)16(4)8-7-15-13(17)12-5-6-14-11(3)9-12;/h10-12,14H,5-9H2,1-4H3,(H,15,17);1H/t11-,12-;/m0./s1. The van der Waals surface area contributed by atoms with Crippen LogP contribution < -0.4 is 10.6 Å². The SMILES string of the molecule is CC(C)N(C)CCNC(=O)[C@H]1CCN[C@@H](C)C1.Cl. The Kier molecular flexibility index (Phi) is 8.57. The average Bonchev–Trinajstić information content (AvgIpc) is 2.28. The van der Waals surface area contributed by atoms with E-state index in [-0.39, 0.29) is 24.2 Å². The van der Waals surface area contributed by atoms with Gasteiger partial charge in [-0.05, 0) is 47.2 Å². The predicted molar refractivity (Wildman–Crippen MR) is 78.2 cm³/mol. The molecule has 0 bridgehead atoms. The third-order valence-electron chi connectivity index (χ3n) is 3.64. The van der Waals surface area contributed by atoms with Crippen LogP contribution in [-0.4, -0.2) is 49.6 Å². The molecule has 0 aromatic carbocycles. The molecule has 1 aliphatic rings. The number of amides is 1. The minimum absolute atomic E-state index is 0. The van der Waals surface area contributed by atoms with Gasteiger partial charge in [-0.15, -0.1) is 12.4 Å². The predicted octanol–water partition coefficient (Wildman–Crippen LogP) is 1.25. The van der Waals surface area contributed by atoms with Gasteiger partial charge < -0.3 is 15.5 Å². The topological polar surface area (TPSA) is 44.4 Å². The van der Waals surface area contributed by atoms with Gasteiger partial charge >= 0.3 is 0 Å². The summed E-state index contributed by atoms with van der Waals surface area (Å²) in [5.74, 6) is 0.436. The maximum Gasteiger partial charge on any atom is 0.223 e. The van der Waals surface area contributed by atoms with Crippen LogP contribution in [0.5, 0.6) is 0 Å². The Balaban J connectivity index is 0.00000289. The van der Waals surface area contributed by atoms with Crippen molar-refractivity contribution in [3.8, 4) is 0 Å². The summed E-state index contributed by atoms with van der Waals surface area (Å²) in [6.45, 7) is 9.11. The molecule has 4 nitrogen and oxygen atoms in total. The van der Waals surface area contributed by atoms with Crippen LogP contribution in [0.2, 0.25) is 0 Å². The number of nitrogens with zero attached hydrogens (tertiary/aromatic N) is 1. The molecular formula is C13H28ClN3O. The van der Waals surface area contributed by atoms with E-state index in [1.807, 2.05) is 0 Å². The van der Waals surface area contributed by atoms with E-state index in [2.05, 4.69) is 43.4 Å². The average molecular weight is 278 g/mol. The molecule has 18 heavy (non-hydrogen) atoms. The lowest BCUT2D eigenvalue weighted by Crippen LogP contribution is -2.44. The summed E-state index contributed by atoms with van der Waals surface area (Å²) in [6.07, 6.45) is 1.93. The van der Waals surface area contributed by atoms with Crippen molar-refractivity contribution in [1.82, 2.24) is 15.5 Å². The van der Waals surface area contributed by atoms with Gasteiger partial charge in [0, 0.05) is 31.1 Å². The van der Waals surface area contributed by atoms with E-state index in [1.54, 1.807) is 0 Å². The molecule has 1 amide bonds. The lowest BCUT2D eigenvalue weighted by Gasteiger charge is -2.27. The van der Waals surface area contributed by atoms with E-state index in [9.17, 15) is 4.79 Å². The van der Waals surface area contributed by atoms with Crippen molar-refractivity contribution >= 4 is 18.3 Å². The highest BCUT2D eigenvalue weighted by Crippen LogP contribution is 2.15. The Morgan fingerprint density at radius 1 is 1.50 bits per heavy atom. The van der Waals surface area contributed by atoms with E-state index in [0.29, 0.717) is 12.1 Å². The summed E-state index contributed by atoms with van der Waals surface area (Å²) >= 11 is 0. The molecule has 1 saturated heterocycles. The van der Waals surface area contributed by atoms with Crippen molar-refractivity contribution in [3.63, 3.8) is 0 Å². The Labute approximate surface area is 117 Å². The number of carbonyl (C=O) groups is 1. The zero-order chi connectivity index (χ0) is 12.8. The number of nitrogens with one attached hydrogen (secondary N) is 2. The number of piperidine rings is 1. The van der Waals surface area contributed by atoms with E-state index >= 15 is 0 Å². The van der Waals surface area contributed by atoms with Crippen molar-refractivity contribution in [2.24, 2.45) is 5.92 Å². The molecule has 1 aliphatic heterocycles. The summed E-state index contributed by atoms with van der Waals surface area (Å²) < 4.78 is 0. The van der Waals surface area contributed by atoms with Crippen LogP contribution in [0.25, 0.3) is 0 Å². The minimum atomic E-state index is 0. The number of hydrogen-bond acceptors (Lipinski definition) is 3. The molecule has 2 atom stereocenters. The van der Waals surface area contributed by atoms with Gasteiger partial charge in [0.25, 0.3) is 0 Å². The van der Waals surface area contributed by atoms with Crippen LogP contribution in [-0.2, 0) is 4.79 Å². The first-order chi connectivity index (χ1) is 8.00. The van der Waals surface area contributed by atoms with Gasteiger partial charge in [0.1, 0.15) is 0 Å². The summed E-state index contributed by atoms with van der Waals surface area (Å²) in [5.41, 5.74) is 0. The zero-order valence-electron chi connectivity index (χ0n) is 12.0. The smallest absolute Gasteiger partial charge is 0.223 e. The van der Waals surface area contributed by atoms with Crippen LogP contribution >= 0.6 is 12.4 Å². The fourth-order valence-corrected chi connectivity index (χ4v) is 2.13. The van der Waals surface area contributed by atoms with Gasteiger partial charge in [-0.2, -0.15) is 0 Å². The molecule has 108 valence electrons. The molecule has 0 saturated carbocycles. The van der Waals surface area contributed by atoms with E-state index < -0.39 is 0 Å². The normalized spacial score (nSPS) is 23.9. The highest BCUT2D eigenvalue weighted by atomic mass is 35.5. The molecule has 2 N–H and O–H groups in total. The molecule has 0 unspecified atom stereocenters. The molecule has 0 spiro atoms. The van der Waals surface area contributed by atoms with Crippen LogP contribution in [0.4, 0.5) is 0 Å². The van der Waals surface area contributed by atoms with Gasteiger partial charge in [0.15, 0.2) is 0 Å². The van der Waals surface area contributed by atoms with Crippen LogP contribution in [0.3, 0.4) is 0 Å². The number of halogens is 1. The number of carbonyl (C=O) groups excluding carboxylic acids is 1. The summed E-state index contributed by atoms with van der Waals surface area (Å²) in [4.78, 5) is 14.2. The van der Waals surface area contributed by atoms with Crippen LogP contribution in [0.1, 0.15) is 33.6 Å². The molecule has 0 aromatic heterocycles. The van der Waals surface area contributed by atoms with Crippen molar-refractivity contribution in [2.45, 2.75) is 45.7 Å². The zero-order valence-corrected chi connectivity index (χ0v) is 12.8. The molecule has 0 radical (unpaired) electrons. The second kappa shape index (κ2) is 8.73. The number of likely N-dealkylation sites (N-methyl/N-ethyl adjacent to an activating group) is 1. The van der Waals surface area contributed by atoms with Gasteiger partial charge in [0.2, 0.25) is 5.91 Å².